The largest absolute Gasteiger partial charge is 0.472 e. The first-order valence-electron chi connectivity index (χ1n) is 15.6. The van der Waals surface area contributed by atoms with Crippen LogP contribution in [0.4, 0.5) is 10.1 Å². The van der Waals surface area contributed by atoms with Gasteiger partial charge in [-0.05, 0) is 84.2 Å². The molecular formula is C40H36FNO. The minimum absolute atomic E-state index is 0.184. The van der Waals surface area contributed by atoms with Crippen molar-refractivity contribution < 1.29 is 9.13 Å². The number of benzene rings is 5. The van der Waals surface area contributed by atoms with E-state index >= 15 is 0 Å². The number of halogens is 1. The third kappa shape index (κ3) is 3.83. The van der Waals surface area contributed by atoms with Gasteiger partial charge in [-0.1, -0.05) is 92.7 Å². The SMILES string of the molecule is CC1CCCCN1c1ccc(C2(c3ccc(F)cc3)C=Cc3c4c(c5ccccc5c3O2)-c2ccccc2C4(C)C)cc1. The second-order valence-corrected chi connectivity index (χ2v) is 13.0. The molecule has 43 heavy (non-hydrogen) atoms. The van der Waals surface area contributed by atoms with Crippen LogP contribution in [0.15, 0.2) is 103 Å². The molecule has 0 spiro atoms. The Morgan fingerprint density at radius 3 is 2.21 bits per heavy atom. The predicted octanol–water partition coefficient (Wildman–Crippen LogP) is 10.0. The summed E-state index contributed by atoms with van der Waals surface area (Å²) in [5, 5.41) is 2.30. The quantitative estimate of drug-likeness (QED) is 0.216. The van der Waals surface area contributed by atoms with E-state index in [-0.39, 0.29) is 11.2 Å². The molecule has 2 unspecified atom stereocenters. The van der Waals surface area contributed by atoms with Crippen molar-refractivity contribution in [2.75, 3.05) is 11.4 Å². The lowest BCUT2D eigenvalue weighted by Gasteiger charge is -2.39. The lowest BCUT2D eigenvalue weighted by atomic mass is 9.77. The van der Waals surface area contributed by atoms with Crippen molar-refractivity contribution >= 4 is 22.5 Å². The van der Waals surface area contributed by atoms with Crippen LogP contribution in [0.3, 0.4) is 0 Å². The molecule has 0 bridgehead atoms. The Hall–Kier alpha value is -4.37. The number of hydrogen-bond acceptors (Lipinski definition) is 2. The summed E-state index contributed by atoms with van der Waals surface area (Å²) in [6, 6.07) is 33.6. The minimum atomic E-state index is -0.903. The smallest absolute Gasteiger partial charge is 0.178 e. The Bertz CT molecular complexity index is 1900. The molecule has 0 radical (unpaired) electrons. The summed E-state index contributed by atoms with van der Waals surface area (Å²) in [4.78, 5) is 2.52. The fourth-order valence-electron chi connectivity index (χ4n) is 7.96. The average Bonchev–Trinajstić information content (AvgIpc) is 3.28. The van der Waals surface area contributed by atoms with Gasteiger partial charge in [0, 0.05) is 45.8 Å². The number of anilines is 1. The van der Waals surface area contributed by atoms with E-state index in [1.165, 1.54) is 64.7 Å². The predicted molar refractivity (Wildman–Crippen MR) is 175 cm³/mol. The van der Waals surface area contributed by atoms with Gasteiger partial charge in [-0.25, -0.2) is 4.39 Å². The van der Waals surface area contributed by atoms with Crippen LogP contribution in [-0.4, -0.2) is 12.6 Å². The highest BCUT2D eigenvalue weighted by Gasteiger charge is 2.44. The van der Waals surface area contributed by atoms with Crippen LogP contribution >= 0.6 is 0 Å². The zero-order valence-corrected chi connectivity index (χ0v) is 25.0. The van der Waals surface area contributed by atoms with Crippen LogP contribution in [0.2, 0.25) is 0 Å². The van der Waals surface area contributed by atoms with Crippen LogP contribution in [-0.2, 0) is 11.0 Å². The van der Waals surface area contributed by atoms with E-state index in [9.17, 15) is 4.39 Å². The number of fused-ring (bicyclic) bond motifs is 8. The molecule has 2 heterocycles. The molecule has 2 aliphatic heterocycles. The normalized spacial score (nSPS) is 21.7. The van der Waals surface area contributed by atoms with Crippen molar-refractivity contribution in [3.05, 3.63) is 137 Å². The standard InChI is InChI=1S/C40H36FNO/c1-26-10-8-9-25-42(26)30-21-17-28(18-22-30)40(27-15-19-29(41)20-16-27)24-23-34-37-36(31-11-4-5-12-32(31)38(34)43-40)33-13-6-7-14-35(33)39(37,2)3/h4-7,11-24,26H,8-10,25H2,1-3H3. The minimum Gasteiger partial charge on any atom is -0.472 e. The van der Waals surface area contributed by atoms with E-state index < -0.39 is 5.60 Å². The molecule has 2 nitrogen and oxygen atoms in total. The molecule has 0 saturated carbocycles. The summed E-state index contributed by atoms with van der Waals surface area (Å²) < 4.78 is 21.6. The molecular weight excluding hydrogens is 529 g/mol. The zero-order chi connectivity index (χ0) is 29.3. The molecule has 0 aromatic heterocycles. The van der Waals surface area contributed by atoms with E-state index in [0.717, 1.165) is 34.4 Å². The Morgan fingerprint density at radius 1 is 0.791 bits per heavy atom. The number of nitrogens with zero attached hydrogens (tertiary/aromatic N) is 1. The maximum atomic E-state index is 14.2. The second-order valence-electron chi connectivity index (χ2n) is 13.0. The molecule has 0 N–H and O–H groups in total. The van der Waals surface area contributed by atoms with Gasteiger partial charge < -0.3 is 9.64 Å². The highest BCUT2D eigenvalue weighted by molar-refractivity contribution is 6.08. The fourth-order valence-corrected chi connectivity index (χ4v) is 7.96. The molecule has 3 heteroatoms. The second kappa shape index (κ2) is 9.57. The van der Waals surface area contributed by atoms with Crippen LogP contribution in [0.1, 0.15) is 67.9 Å². The molecule has 1 aliphatic carbocycles. The molecule has 214 valence electrons. The van der Waals surface area contributed by atoms with Gasteiger partial charge in [-0.3, -0.25) is 0 Å². The van der Waals surface area contributed by atoms with E-state index in [4.69, 9.17) is 4.74 Å². The third-order valence-electron chi connectivity index (χ3n) is 10.2. The van der Waals surface area contributed by atoms with Crippen LogP contribution in [0.5, 0.6) is 5.75 Å². The van der Waals surface area contributed by atoms with Crippen LogP contribution in [0, 0.1) is 5.82 Å². The van der Waals surface area contributed by atoms with E-state index in [0.29, 0.717) is 6.04 Å². The molecule has 1 fully saturated rings. The average molecular weight is 566 g/mol. The summed E-state index contributed by atoms with van der Waals surface area (Å²) in [6.07, 6.45) is 8.20. The van der Waals surface area contributed by atoms with E-state index in [1.807, 2.05) is 12.1 Å². The Kier molecular flexibility index (Phi) is 5.85. The molecule has 5 aromatic carbocycles. The zero-order valence-electron chi connectivity index (χ0n) is 25.0. The molecule has 3 aliphatic rings. The highest BCUT2D eigenvalue weighted by atomic mass is 19.1. The number of piperidine rings is 1. The topological polar surface area (TPSA) is 12.5 Å². The lowest BCUT2D eigenvalue weighted by Crippen LogP contribution is -2.38. The first kappa shape index (κ1) is 26.3. The summed E-state index contributed by atoms with van der Waals surface area (Å²) >= 11 is 0. The number of rotatable bonds is 3. The monoisotopic (exact) mass is 565 g/mol. The first-order chi connectivity index (χ1) is 20.9. The molecule has 1 saturated heterocycles. The Balaban J connectivity index is 1.34. The van der Waals surface area contributed by atoms with Gasteiger partial charge in [0.2, 0.25) is 0 Å². The highest BCUT2D eigenvalue weighted by Crippen LogP contribution is 2.58. The van der Waals surface area contributed by atoms with Gasteiger partial charge >= 0.3 is 0 Å². The van der Waals surface area contributed by atoms with Crippen molar-refractivity contribution in [1.82, 2.24) is 0 Å². The van der Waals surface area contributed by atoms with Crippen molar-refractivity contribution in [2.24, 2.45) is 0 Å². The lowest BCUT2D eigenvalue weighted by molar-refractivity contribution is 0.163. The van der Waals surface area contributed by atoms with Crippen LogP contribution in [0.25, 0.3) is 28.0 Å². The Labute approximate surface area is 253 Å². The van der Waals surface area contributed by atoms with Gasteiger partial charge in [0.05, 0.1) is 0 Å². The van der Waals surface area contributed by atoms with Gasteiger partial charge in [0.1, 0.15) is 11.6 Å². The molecule has 8 rings (SSSR count). The fraction of sp³-hybridized carbons (Fsp3) is 0.250. The maximum Gasteiger partial charge on any atom is 0.178 e. The first-order valence-corrected chi connectivity index (χ1v) is 15.6. The van der Waals surface area contributed by atoms with Gasteiger partial charge in [-0.2, -0.15) is 0 Å². The summed E-state index contributed by atoms with van der Waals surface area (Å²) in [6.45, 7) is 8.05. The van der Waals surface area contributed by atoms with E-state index in [2.05, 4.69) is 111 Å². The number of ether oxygens (including phenoxy) is 1. The summed E-state index contributed by atoms with van der Waals surface area (Å²) in [5.41, 5.74) is 8.47. The van der Waals surface area contributed by atoms with Crippen molar-refractivity contribution in [1.29, 1.82) is 0 Å². The van der Waals surface area contributed by atoms with Gasteiger partial charge in [0.15, 0.2) is 5.60 Å². The molecule has 2 atom stereocenters. The van der Waals surface area contributed by atoms with E-state index in [1.54, 1.807) is 0 Å². The molecule has 5 aromatic rings. The van der Waals surface area contributed by atoms with Crippen molar-refractivity contribution in [2.45, 2.75) is 57.1 Å². The summed E-state index contributed by atoms with van der Waals surface area (Å²) in [5.74, 6) is 0.632. The van der Waals surface area contributed by atoms with Crippen LogP contribution < -0.4 is 9.64 Å². The third-order valence-corrected chi connectivity index (χ3v) is 10.2. The molecule has 0 amide bonds. The van der Waals surface area contributed by atoms with Gasteiger partial charge in [-0.15, -0.1) is 0 Å². The van der Waals surface area contributed by atoms with Crippen molar-refractivity contribution in [3.63, 3.8) is 0 Å². The Morgan fingerprint density at radius 2 is 1.47 bits per heavy atom. The van der Waals surface area contributed by atoms with Crippen molar-refractivity contribution in [3.8, 4) is 16.9 Å². The van der Waals surface area contributed by atoms with Gasteiger partial charge in [0.25, 0.3) is 0 Å². The summed E-state index contributed by atoms with van der Waals surface area (Å²) in [7, 11) is 0. The number of hydrogen-bond donors (Lipinski definition) is 0. The maximum absolute atomic E-state index is 14.2.